The lowest BCUT2D eigenvalue weighted by Crippen LogP contribution is -2.41. The molecular formula is C26H30N4O4. The summed E-state index contributed by atoms with van der Waals surface area (Å²) in [5.41, 5.74) is 2.44. The van der Waals surface area contributed by atoms with Gasteiger partial charge in [-0.3, -0.25) is 9.78 Å². The molecule has 1 aliphatic heterocycles. The van der Waals surface area contributed by atoms with E-state index in [1.165, 1.54) is 0 Å². The number of rotatable bonds is 9. The lowest BCUT2D eigenvalue weighted by Gasteiger charge is -2.32. The number of anilines is 1. The smallest absolute Gasteiger partial charge is 0.251 e. The van der Waals surface area contributed by atoms with Crippen molar-refractivity contribution in [3.05, 3.63) is 77.7 Å². The van der Waals surface area contributed by atoms with Gasteiger partial charge in [-0.2, -0.15) is 0 Å². The zero-order valence-electron chi connectivity index (χ0n) is 19.6. The lowest BCUT2D eigenvalue weighted by atomic mass is 10.1. The van der Waals surface area contributed by atoms with Gasteiger partial charge in [0.25, 0.3) is 5.91 Å². The van der Waals surface area contributed by atoms with Crippen molar-refractivity contribution < 1.29 is 19.0 Å². The summed E-state index contributed by atoms with van der Waals surface area (Å²) in [6, 6.07) is 13.0. The summed E-state index contributed by atoms with van der Waals surface area (Å²) >= 11 is 0. The molecule has 3 aromatic rings. The fourth-order valence-corrected chi connectivity index (χ4v) is 3.70. The van der Waals surface area contributed by atoms with Gasteiger partial charge in [0.05, 0.1) is 19.3 Å². The second kappa shape index (κ2) is 11.5. The highest BCUT2D eigenvalue weighted by atomic mass is 16.5. The minimum atomic E-state index is -0.187. The van der Waals surface area contributed by atoms with Crippen molar-refractivity contribution in [2.75, 3.05) is 31.2 Å². The Morgan fingerprint density at radius 3 is 2.71 bits per heavy atom. The van der Waals surface area contributed by atoms with E-state index < -0.39 is 0 Å². The molecule has 1 unspecified atom stereocenters. The van der Waals surface area contributed by atoms with Gasteiger partial charge < -0.3 is 24.4 Å². The van der Waals surface area contributed by atoms with E-state index in [9.17, 15) is 4.79 Å². The number of carbonyl (C=O) groups is 1. The second-order valence-corrected chi connectivity index (χ2v) is 8.07. The lowest BCUT2D eigenvalue weighted by molar-refractivity contribution is 0.0529. The molecule has 34 heavy (non-hydrogen) atoms. The third-order valence-electron chi connectivity index (χ3n) is 5.48. The van der Waals surface area contributed by atoms with Crippen LogP contribution in [0.3, 0.4) is 0 Å². The Kier molecular flexibility index (Phi) is 7.93. The average Bonchev–Trinajstić information content (AvgIpc) is 2.87. The molecule has 1 atom stereocenters. The maximum atomic E-state index is 12.8. The van der Waals surface area contributed by atoms with Crippen LogP contribution in [0.4, 0.5) is 5.82 Å². The quantitative estimate of drug-likeness (QED) is 0.520. The zero-order valence-corrected chi connectivity index (χ0v) is 19.6. The maximum absolute atomic E-state index is 12.8. The molecular weight excluding hydrogens is 432 g/mol. The van der Waals surface area contributed by atoms with Crippen LogP contribution in [0.1, 0.15) is 35.3 Å². The van der Waals surface area contributed by atoms with Crippen molar-refractivity contribution in [1.82, 2.24) is 15.3 Å². The zero-order chi connectivity index (χ0) is 23.8. The van der Waals surface area contributed by atoms with E-state index in [0.29, 0.717) is 43.4 Å². The minimum absolute atomic E-state index is 0.187. The Morgan fingerprint density at radius 2 is 1.97 bits per heavy atom. The van der Waals surface area contributed by atoms with E-state index in [1.54, 1.807) is 36.8 Å². The van der Waals surface area contributed by atoms with Gasteiger partial charge in [0, 0.05) is 43.8 Å². The van der Waals surface area contributed by atoms with E-state index >= 15 is 0 Å². The van der Waals surface area contributed by atoms with Gasteiger partial charge in [0.2, 0.25) is 0 Å². The summed E-state index contributed by atoms with van der Waals surface area (Å²) < 4.78 is 17.2. The number of morpholine rings is 1. The fraction of sp³-hybridized carbons (Fsp3) is 0.346. The molecule has 0 spiro atoms. The van der Waals surface area contributed by atoms with E-state index in [4.69, 9.17) is 14.2 Å². The van der Waals surface area contributed by atoms with Crippen LogP contribution in [-0.4, -0.2) is 48.3 Å². The monoisotopic (exact) mass is 462 g/mol. The molecule has 4 rings (SSSR count). The number of amides is 1. The number of benzene rings is 1. The Labute approximate surface area is 199 Å². The number of aromatic nitrogens is 2. The molecule has 1 fully saturated rings. The standard InChI is InChI=1S/C26H30N4O4/c1-3-32-24-14-22(5-6-23(24)34-18-20-8-10-27-11-9-20)26(31)29-16-21-4-7-25(28-15-21)30-12-13-33-19(2)17-30/h4-11,14-15,19H,3,12-13,16-18H2,1-2H3,(H,29,31). The number of hydrogen-bond acceptors (Lipinski definition) is 7. The van der Waals surface area contributed by atoms with Gasteiger partial charge >= 0.3 is 0 Å². The molecule has 8 heteroatoms. The predicted molar refractivity (Wildman–Crippen MR) is 129 cm³/mol. The first kappa shape index (κ1) is 23.5. The van der Waals surface area contributed by atoms with E-state index in [2.05, 4.69) is 27.1 Å². The molecule has 0 aliphatic carbocycles. The SMILES string of the molecule is CCOc1cc(C(=O)NCc2ccc(N3CCOC(C)C3)nc2)ccc1OCc1ccncc1. The van der Waals surface area contributed by atoms with Gasteiger partial charge in [-0.1, -0.05) is 6.07 Å². The van der Waals surface area contributed by atoms with Crippen molar-refractivity contribution in [1.29, 1.82) is 0 Å². The van der Waals surface area contributed by atoms with Crippen LogP contribution < -0.4 is 19.7 Å². The van der Waals surface area contributed by atoms with Gasteiger partial charge in [-0.15, -0.1) is 0 Å². The largest absolute Gasteiger partial charge is 0.490 e. The van der Waals surface area contributed by atoms with Gasteiger partial charge in [0.15, 0.2) is 11.5 Å². The Hall–Kier alpha value is -3.65. The van der Waals surface area contributed by atoms with Crippen LogP contribution in [0, 0.1) is 0 Å². The Bertz CT molecular complexity index is 1080. The van der Waals surface area contributed by atoms with Gasteiger partial charge in [-0.05, 0) is 61.4 Å². The molecule has 1 aromatic carbocycles. The van der Waals surface area contributed by atoms with Crippen LogP contribution in [0.15, 0.2) is 61.1 Å². The molecule has 3 heterocycles. The van der Waals surface area contributed by atoms with Crippen molar-refractivity contribution >= 4 is 11.7 Å². The molecule has 1 saturated heterocycles. The van der Waals surface area contributed by atoms with Gasteiger partial charge in [0.1, 0.15) is 12.4 Å². The van der Waals surface area contributed by atoms with Gasteiger partial charge in [-0.25, -0.2) is 4.98 Å². The summed E-state index contributed by atoms with van der Waals surface area (Å²) in [4.78, 5) is 23.5. The molecule has 0 bridgehead atoms. The highest BCUT2D eigenvalue weighted by molar-refractivity contribution is 5.94. The summed E-state index contributed by atoms with van der Waals surface area (Å²) in [5, 5.41) is 2.95. The molecule has 1 N–H and O–H groups in total. The molecule has 1 aliphatic rings. The van der Waals surface area contributed by atoms with Crippen LogP contribution >= 0.6 is 0 Å². The minimum Gasteiger partial charge on any atom is -0.490 e. The Balaban J connectivity index is 1.35. The second-order valence-electron chi connectivity index (χ2n) is 8.07. The number of nitrogens with one attached hydrogen (secondary N) is 1. The highest BCUT2D eigenvalue weighted by Crippen LogP contribution is 2.29. The predicted octanol–water partition coefficient (Wildman–Crippen LogP) is 3.61. The number of pyridine rings is 2. The molecule has 178 valence electrons. The third kappa shape index (κ3) is 6.23. The summed E-state index contributed by atoms with van der Waals surface area (Å²) in [7, 11) is 0. The summed E-state index contributed by atoms with van der Waals surface area (Å²) in [5.74, 6) is 1.86. The maximum Gasteiger partial charge on any atom is 0.251 e. The van der Waals surface area contributed by atoms with Crippen molar-refractivity contribution in [3.8, 4) is 11.5 Å². The molecule has 2 aromatic heterocycles. The number of carbonyl (C=O) groups excluding carboxylic acids is 1. The van der Waals surface area contributed by atoms with Crippen LogP contribution in [0.5, 0.6) is 11.5 Å². The fourth-order valence-electron chi connectivity index (χ4n) is 3.70. The normalized spacial score (nSPS) is 15.6. The number of ether oxygens (including phenoxy) is 3. The van der Waals surface area contributed by atoms with Crippen molar-refractivity contribution in [2.24, 2.45) is 0 Å². The molecule has 1 amide bonds. The Morgan fingerprint density at radius 1 is 1.12 bits per heavy atom. The summed E-state index contributed by atoms with van der Waals surface area (Å²) in [6.07, 6.45) is 5.45. The van der Waals surface area contributed by atoms with Crippen molar-refractivity contribution in [3.63, 3.8) is 0 Å². The van der Waals surface area contributed by atoms with E-state index in [-0.39, 0.29) is 12.0 Å². The van der Waals surface area contributed by atoms with Crippen molar-refractivity contribution in [2.45, 2.75) is 33.1 Å². The molecule has 8 nitrogen and oxygen atoms in total. The topological polar surface area (TPSA) is 85.8 Å². The number of nitrogens with zero attached hydrogens (tertiary/aromatic N) is 3. The average molecular weight is 463 g/mol. The van der Waals surface area contributed by atoms with Crippen LogP contribution in [0.2, 0.25) is 0 Å². The highest BCUT2D eigenvalue weighted by Gasteiger charge is 2.18. The van der Waals surface area contributed by atoms with E-state index in [1.807, 2.05) is 31.2 Å². The molecule has 0 radical (unpaired) electrons. The first-order valence-electron chi connectivity index (χ1n) is 11.5. The molecule has 0 saturated carbocycles. The number of hydrogen-bond donors (Lipinski definition) is 1. The summed E-state index contributed by atoms with van der Waals surface area (Å²) in [6.45, 7) is 7.57. The third-order valence-corrected chi connectivity index (χ3v) is 5.48. The van der Waals surface area contributed by atoms with Crippen LogP contribution in [0.25, 0.3) is 0 Å². The first-order chi connectivity index (χ1) is 16.6. The first-order valence-corrected chi connectivity index (χ1v) is 11.5. The van der Waals surface area contributed by atoms with E-state index in [0.717, 1.165) is 30.0 Å². The van der Waals surface area contributed by atoms with Crippen LogP contribution in [-0.2, 0) is 17.9 Å².